The van der Waals surface area contributed by atoms with Crippen LogP contribution >= 0.6 is 0 Å². The molecule has 0 spiro atoms. The third kappa shape index (κ3) is 3.45. The number of hydrazine groups is 1. The number of hydrogen-bond donors (Lipinski definition) is 2. The number of rotatable bonds is 3. The molecule has 2 fully saturated rings. The minimum Gasteiger partial charge on any atom is -0.481 e. The van der Waals surface area contributed by atoms with Crippen molar-refractivity contribution >= 4 is 11.9 Å². The van der Waals surface area contributed by atoms with E-state index in [2.05, 4.69) is 17.4 Å². The number of hydrogen-bond acceptors (Lipinski definition) is 4. The third-order valence-electron chi connectivity index (χ3n) is 4.22. The van der Waals surface area contributed by atoms with Crippen molar-refractivity contribution < 1.29 is 14.7 Å². The van der Waals surface area contributed by atoms with Crippen LogP contribution in [-0.4, -0.2) is 60.1 Å². The Morgan fingerprint density at radius 1 is 1.11 bits per heavy atom. The highest BCUT2D eigenvalue weighted by molar-refractivity contribution is 5.85. The van der Waals surface area contributed by atoms with Crippen LogP contribution < -0.4 is 5.43 Å². The molecule has 1 saturated heterocycles. The highest BCUT2D eigenvalue weighted by Crippen LogP contribution is 2.36. The molecule has 0 aromatic carbocycles. The maximum Gasteiger partial charge on any atom is 0.307 e. The predicted molar refractivity (Wildman–Crippen MR) is 70.2 cm³/mol. The number of carbonyl (C=O) groups excluding carboxylic acids is 1. The van der Waals surface area contributed by atoms with Gasteiger partial charge in [-0.25, -0.2) is 5.01 Å². The SMILES string of the molecule is CC1C[C@H](C(=O)NN2CCN(C)CC2)[C@H](C(=O)O)C1. The lowest BCUT2D eigenvalue weighted by Crippen LogP contribution is -2.54. The van der Waals surface area contributed by atoms with Gasteiger partial charge in [0.1, 0.15) is 0 Å². The average molecular weight is 269 g/mol. The van der Waals surface area contributed by atoms with E-state index >= 15 is 0 Å². The van der Waals surface area contributed by atoms with Crippen LogP contribution in [0, 0.1) is 17.8 Å². The largest absolute Gasteiger partial charge is 0.481 e. The second-order valence-electron chi connectivity index (χ2n) is 5.89. The van der Waals surface area contributed by atoms with E-state index in [1.165, 1.54) is 0 Å². The van der Waals surface area contributed by atoms with E-state index in [0.717, 1.165) is 26.2 Å². The highest BCUT2D eigenvalue weighted by atomic mass is 16.4. The zero-order valence-electron chi connectivity index (χ0n) is 11.6. The Morgan fingerprint density at radius 3 is 2.26 bits per heavy atom. The van der Waals surface area contributed by atoms with Gasteiger partial charge in [-0.2, -0.15) is 0 Å². The molecule has 1 saturated carbocycles. The maximum atomic E-state index is 12.2. The summed E-state index contributed by atoms with van der Waals surface area (Å²) < 4.78 is 0. The molecule has 0 radical (unpaired) electrons. The van der Waals surface area contributed by atoms with Crippen LogP contribution in [0.1, 0.15) is 19.8 Å². The topological polar surface area (TPSA) is 72.9 Å². The van der Waals surface area contributed by atoms with E-state index in [4.69, 9.17) is 0 Å². The lowest BCUT2D eigenvalue weighted by atomic mass is 9.96. The van der Waals surface area contributed by atoms with Crippen LogP contribution in [0.2, 0.25) is 0 Å². The van der Waals surface area contributed by atoms with Gasteiger partial charge in [0.2, 0.25) is 5.91 Å². The molecule has 1 unspecified atom stereocenters. The molecular weight excluding hydrogens is 246 g/mol. The average Bonchev–Trinajstić information content (AvgIpc) is 2.74. The predicted octanol–water partition coefficient (Wildman–Crippen LogP) is 0.0119. The molecule has 6 nitrogen and oxygen atoms in total. The molecule has 0 bridgehead atoms. The summed E-state index contributed by atoms with van der Waals surface area (Å²) in [6.07, 6.45) is 1.28. The molecule has 6 heteroatoms. The molecule has 1 aliphatic carbocycles. The normalized spacial score (nSPS) is 33.3. The molecule has 0 aromatic rings. The Kier molecular flexibility index (Phi) is 4.42. The summed E-state index contributed by atoms with van der Waals surface area (Å²) in [7, 11) is 2.05. The molecule has 2 rings (SSSR count). The van der Waals surface area contributed by atoms with E-state index < -0.39 is 11.9 Å². The summed E-state index contributed by atoms with van der Waals surface area (Å²) in [6, 6.07) is 0. The van der Waals surface area contributed by atoms with Crippen molar-refractivity contribution in [2.75, 3.05) is 33.2 Å². The van der Waals surface area contributed by atoms with Crippen LogP contribution in [0.15, 0.2) is 0 Å². The van der Waals surface area contributed by atoms with Crippen LogP contribution in [-0.2, 0) is 9.59 Å². The number of nitrogens with zero attached hydrogens (tertiary/aromatic N) is 2. The highest BCUT2D eigenvalue weighted by Gasteiger charge is 2.41. The summed E-state index contributed by atoms with van der Waals surface area (Å²) in [4.78, 5) is 25.6. The lowest BCUT2D eigenvalue weighted by molar-refractivity contribution is -0.147. The fourth-order valence-electron chi connectivity index (χ4n) is 3.01. The second-order valence-corrected chi connectivity index (χ2v) is 5.89. The van der Waals surface area contributed by atoms with Gasteiger partial charge in [0.15, 0.2) is 0 Å². The molecule has 2 N–H and O–H groups in total. The zero-order chi connectivity index (χ0) is 14.0. The van der Waals surface area contributed by atoms with Gasteiger partial charge >= 0.3 is 5.97 Å². The van der Waals surface area contributed by atoms with E-state index in [1.807, 2.05) is 11.9 Å². The van der Waals surface area contributed by atoms with E-state index in [-0.39, 0.29) is 11.8 Å². The smallest absolute Gasteiger partial charge is 0.307 e. The molecule has 1 heterocycles. The minimum atomic E-state index is -0.845. The third-order valence-corrected chi connectivity index (χ3v) is 4.22. The van der Waals surface area contributed by atoms with Crippen LogP contribution in [0.25, 0.3) is 0 Å². The first-order chi connectivity index (χ1) is 8.97. The number of piperazine rings is 1. The summed E-state index contributed by atoms with van der Waals surface area (Å²) in [5.41, 5.74) is 2.89. The van der Waals surface area contributed by atoms with Crippen molar-refractivity contribution in [3.63, 3.8) is 0 Å². The van der Waals surface area contributed by atoms with Gasteiger partial charge in [0, 0.05) is 26.2 Å². The summed E-state index contributed by atoms with van der Waals surface area (Å²) in [5, 5.41) is 11.1. The number of carboxylic acid groups (broad SMARTS) is 1. The van der Waals surface area contributed by atoms with Gasteiger partial charge in [-0.05, 0) is 25.8 Å². The van der Waals surface area contributed by atoms with E-state index in [9.17, 15) is 14.7 Å². The molecule has 19 heavy (non-hydrogen) atoms. The van der Waals surface area contributed by atoms with E-state index in [1.54, 1.807) is 0 Å². The standard InChI is InChI=1S/C13H23N3O3/c1-9-7-10(11(8-9)13(18)19)12(17)14-16-5-3-15(2)4-6-16/h9-11H,3-8H2,1-2H3,(H,14,17)(H,18,19)/t9?,10-,11+/m0/s1. The number of aliphatic carboxylic acids is 1. The molecule has 2 aliphatic rings. The van der Waals surface area contributed by atoms with Crippen molar-refractivity contribution in [1.29, 1.82) is 0 Å². The van der Waals surface area contributed by atoms with Gasteiger partial charge in [-0.3, -0.25) is 15.0 Å². The fraction of sp³-hybridized carbons (Fsp3) is 0.846. The van der Waals surface area contributed by atoms with E-state index in [0.29, 0.717) is 18.8 Å². The van der Waals surface area contributed by atoms with Gasteiger partial charge in [-0.1, -0.05) is 6.92 Å². The Balaban J connectivity index is 1.90. The summed E-state index contributed by atoms with van der Waals surface area (Å²) in [6.45, 7) is 5.44. The Hall–Kier alpha value is -1.14. The molecule has 108 valence electrons. The Labute approximate surface area is 113 Å². The van der Waals surface area contributed by atoms with Crippen LogP contribution in [0.3, 0.4) is 0 Å². The number of nitrogens with one attached hydrogen (secondary N) is 1. The summed E-state index contributed by atoms with van der Waals surface area (Å²) >= 11 is 0. The van der Waals surface area contributed by atoms with Crippen molar-refractivity contribution in [3.8, 4) is 0 Å². The molecule has 1 aliphatic heterocycles. The maximum absolute atomic E-state index is 12.2. The number of amides is 1. The molecule has 3 atom stereocenters. The minimum absolute atomic E-state index is 0.124. The number of carboxylic acids is 1. The lowest BCUT2D eigenvalue weighted by Gasteiger charge is -2.33. The van der Waals surface area contributed by atoms with Crippen LogP contribution in [0.4, 0.5) is 0 Å². The quantitative estimate of drug-likeness (QED) is 0.755. The Morgan fingerprint density at radius 2 is 1.68 bits per heavy atom. The monoisotopic (exact) mass is 269 g/mol. The Bertz CT molecular complexity index is 353. The van der Waals surface area contributed by atoms with Crippen molar-refractivity contribution in [3.05, 3.63) is 0 Å². The fourth-order valence-corrected chi connectivity index (χ4v) is 3.01. The van der Waals surface area contributed by atoms with Crippen molar-refractivity contribution in [2.24, 2.45) is 17.8 Å². The first-order valence-electron chi connectivity index (χ1n) is 6.94. The van der Waals surface area contributed by atoms with Crippen LogP contribution in [0.5, 0.6) is 0 Å². The second kappa shape index (κ2) is 5.88. The van der Waals surface area contributed by atoms with Gasteiger partial charge in [0.25, 0.3) is 0 Å². The molecular formula is C13H23N3O3. The first kappa shape index (κ1) is 14.3. The molecule has 0 aromatic heterocycles. The molecule has 1 amide bonds. The van der Waals surface area contributed by atoms with Crippen molar-refractivity contribution in [2.45, 2.75) is 19.8 Å². The number of carbonyl (C=O) groups is 2. The van der Waals surface area contributed by atoms with Gasteiger partial charge < -0.3 is 10.0 Å². The van der Waals surface area contributed by atoms with Gasteiger partial charge in [0.05, 0.1) is 11.8 Å². The van der Waals surface area contributed by atoms with Gasteiger partial charge in [-0.15, -0.1) is 0 Å². The zero-order valence-corrected chi connectivity index (χ0v) is 11.6. The van der Waals surface area contributed by atoms with Crippen molar-refractivity contribution in [1.82, 2.24) is 15.3 Å². The summed E-state index contributed by atoms with van der Waals surface area (Å²) in [5.74, 6) is -1.57. The number of likely N-dealkylation sites (N-methyl/N-ethyl adjacent to an activating group) is 1. The first-order valence-corrected chi connectivity index (χ1v) is 6.94.